The molecule has 30 heavy (non-hydrogen) atoms. The first-order valence-corrected chi connectivity index (χ1v) is 11.5. The molecular formula is C24H38N4O2. The number of piperazine rings is 1. The average Bonchev–Trinajstić information content (AvgIpc) is 2.73. The molecule has 0 radical (unpaired) electrons. The van der Waals surface area contributed by atoms with Crippen molar-refractivity contribution in [2.45, 2.75) is 46.6 Å². The Morgan fingerprint density at radius 1 is 1.07 bits per heavy atom. The van der Waals surface area contributed by atoms with Crippen molar-refractivity contribution < 1.29 is 9.59 Å². The van der Waals surface area contributed by atoms with Crippen molar-refractivity contribution in [3.05, 3.63) is 29.8 Å². The molecule has 2 amide bonds. The number of rotatable bonds is 6. The standard InChI is InChI=1S/C24H38N4O2/c1-5-21-8-6-7-9-22(21)25-23(29)17-26-10-12-27(13-11-26)20(4)24(30)28-15-18(2)14-19(3)16-28/h6-9,18-20H,5,10-17H2,1-4H3,(H,25,29)/t18-,19-,20+/m0/s1. The summed E-state index contributed by atoms with van der Waals surface area (Å²) in [5.74, 6) is 1.46. The fourth-order valence-electron chi connectivity index (χ4n) is 4.92. The molecule has 1 aromatic rings. The predicted octanol–water partition coefficient (Wildman–Crippen LogP) is 2.70. The second kappa shape index (κ2) is 10.4. The molecule has 0 bridgehead atoms. The van der Waals surface area contributed by atoms with Gasteiger partial charge in [-0.05, 0) is 43.2 Å². The number of hydrogen-bond acceptors (Lipinski definition) is 4. The van der Waals surface area contributed by atoms with E-state index in [4.69, 9.17) is 0 Å². The lowest BCUT2D eigenvalue weighted by Gasteiger charge is -2.41. The SMILES string of the molecule is CCc1ccccc1NC(=O)CN1CCN([C@H](C)C(=O)N2C[C@@H](C)C[C@H](C)C2)CC1. The molecule has 2 heterocycles. The number of benzene rings is 1. The zero-order chi connectivity index (χ0) is 21.7. The van der Waals surface area contributed by atoms with Gasteiger partial charge in [-0.3, -0.25) is 19.4 Å². The Morgan fingerprint density at radius 2 is 1.70 bits per heavy atom. The molecule has 0 unspecified atom stereocenters. The van der Waals surface area contributed by atoms with Crippen molar-refractivity contribution in [1.82, 2.24) is 14.7 Å². The molecule has 2 aliphatic heterocycles. The largest absolute Gasteiger partial charge is 0.341 e. The minimum Gasteiger partial charge on any atom is -0.341 e. The van der Waals surface area contributed by atoms with Crippen LogP contribution in [0.1, 0.15) is 39.7 Å². The fraction of sp³-hybridized carbons (Fsp3) is 0.667. The van der Waals surface area contributed by atoms with Crippen molar-refractivity contribution in [2.24, 2.45) is 11.8 Å². The molecule has 0 saturated carbocycles. The van der Waals surface area contributed by atoms with Crippen LogP contribution in [0.4, 0.5) is 5.69 Å². The molecule has 166 valence electrons. The van der Waals surface area contributed by atoms with Gasteiger partial charge in [0.2, 0.25) is 11.8 Å². The van der Waals surface area contributed by atoms with E-state index >= 15 is 0 Å². The van der Waals surface area contributed by atoms with Crippen molar-refractivity contribution in [3.8, 4) is 0 Å². The van der Waals surface area contributed by atoms with Crippen LogP contribution in [0.3, 0.4) is 0 Å². The summed E-state index contributed by atoms with van der Waals surface area (Å²) in [6.07, 6.45) is 2.11. The molecule has 2 fully saturated rings. The van der Waals surface area contributed by atoms with E-state index in [9.17, 15) is 9.59 Å². The number of nitrogens with zero attached hydrogens (tertiary/aromatic N) is 3. The summed E-state index contributed by atoms with van der Waals surface area (Å²) in [4.78, 5) is 32.0. The summed E-state index contributed by atoms with van der Waals surface area (Å²) < 4.78 is 0. The maximum atomic E-state index is 13.0. The zero-order valence-corrected chi connectivity index (χ0v) is 19.1. The summed E-state index contributed by atoms with van der Waals surface area (Å²) >= 11 is 0. The quantitative estimate of drug-likeness (QED) is 0.778. The lowest BCUT2D eigenvalue weighted by molar-refractivity contribution is -0.140. The molecule has 0 aliphatic carbocycles. The number of amides is 2. The minimum absolute atomic E-state index is 0.0322. The van der Waals surface area contributed by atoms with Gasteiger partial charge in [0.25, 0.3) is 0 Å². The van der Waals surface area contributed by atoms with Crippen LogP contribution in [-0.4, -0.2) is 78.4 Å². The van der Waals surface area contributed by atoms with Gasteiger partial charge in [0.05, 0.1) is 12.6 Å². The predicted molar refractivity (Wildman–Crippen MR) is 121 cm³/mol. The van der Waals surface area contributed by atoms with E-state index in [1.165, 1.54) is 6.42 Å². The molecule has 6 nitrogen and oxygen atoms in total. The van der Waals surface area contributed by atoms with Gasteiger partial charge >= 0.3 is 0 Å². The second-order valence-electron chi connectivity index (χ2n) is 9.24. The van der Waals surface area contributed by atoms with Gasteiger partial charge in [-0.1, -0.05) is 39.0 Å². The third-order valence-corrected chi connectivity index (χ3v) is 6.53. The average molecular weight is 415 g/mol. The molecule has 3 atom stereocenters. The highest BCUT2D eigenvalue weighted by Crippen LogP contribution is 2.22. The van der Waals surface area contributed by atoms with Crippen molar-refractivity contribution in [2.75, 3.05) is 51.1 Å². The maximum Gasteiger partial charge on any atom is 0.239 e. The Bertz CT molecular complexity index is 720. The number of nitrogens with one attached hydrogen (secondary N) is 1. The van der Waals surface area contributed by atoms with E-state index in [-0.39, 0.29) is 17.9 Å². The second-order valence-corrected chi connectivity index (χ2v) is 9.24. The number of anilines is 1. The lowest BCUT2D eigenvalue weighted by atomic mass is 9.91. The summed E-state index contributed by atoms with van der Waals surface area (Å²) in [5, 5.41) is 3.06. The van der Waals surface area contributed by atoms with Crippen LogP contribution >= 0.6 is 0 Å². The van der Waals surface area contributed by atoms with Crippen LogP contribution in [0.15, 0.2) is 24.3 Å². The Morgan fingerprint density at radius 3 is 2.33 bits per heavy atom. The van der Waals surface area contributed by atoms with Gasteiger partial charge in [0, 0.05) is 45.0 Å². The Hall–Kier alpha value is -1.92. The Balaban J connectivity index is 1.46. The van der Waals surface area contributed by atoms with E-state index in [0.29, 0.717) is 18.4 Å². The number of piperidine rings is 1. The monoisotopic (exact) mass is 414 g/mol. The van der Waals surface area contributed by atoms with Crippen molar-refractivity contribution in [3.63, 3.8) is 0 Å². The fourth-order valence-corrected chi connectivity index (χ4v) is 4.92. The van der Waals surface area contributed by atoms with E-state index in [1.54, 1.807) is 0 Å². The van der Waals surface area contributed by atoms with Crippen LogP contribution in [0.2, 0.25) is 0 Å². The molecule has 2 aliphatic rings. The first-order valence-electron chi connectivity index (χ1n) is 11.5. The summed E-state index contributed by atoms with van der Waals surface area (Å²) in [6, 6.07) is 7.88. The van der Waals surface area contributed by atoms with Gasteiger partial charge in [-0.25, -0.2) is 0 Å². The van der Waals surface area contributed by atoms with E-state index in [1.807, 2.05) is 25.1 Å². The maximum absolute atomic E-state index is 13.0. The summed E-state index contributed by atoms with van der Waals surface area (Å²) in [6.45, 7) is 14.0. The first kappa shape index (κ1) is 22.8. The Kier molecular flexibility index (Phi) is 7.89. The topological polar surface area (TPSA) is 55.9 Å². The number of hydrogen-bond donors (Lipinski definition) is 1. The zero-order valence-electron chi connectivity index (χ0n) is 19.1. The molecular weight excluding hydrogens is 376 g/mol. The summed E-state index contributed by atoms with van der Waals surface area (Å²) in [5.41, 5.74) is 2.07. The molecule has 6 heteroatoms. The van der Waals surface area contributed by atoms with Gasteiger partial charge in [0.15, 0.2) is 0 Å². The third-order valence-electron chi connectivity index (χ3n) is 6.53. The number of aryl methyl sites for hydroxylation is 1. The van der Waals surface area contributed by atoms with E-state index in [0.717, 1.165) is 56.9 Å². The minimum atomic E-state index is -0.0880. The highest BCUT2D eigenvalue weighted by Gasteiger charge is 2.32. The van der Waals surface area contributed by atoms with Crippen LogP contribution in [0.5, 0.6) is 0 Å². The van der Waals surface area contributed by atoms with Crippen molar-refractivity contribution in [1.29, 1.82) is 0 Å². The van der Waals surface area contributed by atoms with Crippen LogP contribution in [0, 0.1) is 11.8 Å². The number of carbonyl (C=O) groups is 2. The highest BCUT2D eigenvalue weighted by atomic mass is 16.2. The first-order chi connectivity index (χ1) is 14.4. The van der Waals surface area contributed by atoms with E-state index < -0.39 is 0 Å². The van der Waals surface area contributed by atoms with Gasteiger partial charge in [-0.15, -0.1) is 0 Å². The number of para-hydroxylation sites is 1. The molecule has 0 aromatic heterocycles. The van der Waals surface area contributed by atoms with Crippen molar-refractivity contribution >= 4 is 17.5 Å². The molecule has 2 saturated heterocycles. The highest BCUT2D eigenvalue weighted by molar-refractivity contribution is 5.93. The smallest absolute Gasteiger partial charge is 0.239 e. The molecule has 1 N–H and O–H groups in total. The number of carbonyl (C=O) groups excluding carboxylic acids is 2. The Labute approximate surface area is 181 Å². The lowest BCUT2D eigenvalue weighted by Crippen LogP contribution is -2.56. The summed E-state index contributed by atoms with van der Waals surface area (Å²) in [7, 11) is 0. The van der Waals surface area contributed by atoms with Gasteiger partial charge in [-0.2, -0.15) is 0 Å². The third kappa shape index (κ3) is 5.82. The van der Waals surface area contributed by atoms with E-state index in [2.05, 4.69) is 46.9 Å². The number of likely N-dealkylation sites (tertiary alicyclic amines) is 1. The van der Waals surface area contributed by atoms with Gasteiger partial charge in [0.1, 0.15) is 0 Å². The van der Waals surface area contributed by atoms with Crippen LogP contribution < -0.4 is 5.32 Å². The normalized spacial score (nSPS) is 24.5. The molecule has 0 spiro atoms. The molecule has 1 aromatic carbocycles. The molecule has 3 rings (SSSR count). The van der Waals surface area contributed by atoms with Crippen LogP contribution in [-0.2, 0) is 16.0 Å². The van der Waals surface area contributed by atoms with Gasteiger partial charge < -0.3 is 10.2 Å². The van der Waals surface area contributed by atoms with Crippen LogP contribution in [0.25, 0.3) is 0 Å².